The molecule has 0 radical (unpaired) electrons. The predicted octanol–water partition coefficient (Wildman–Crippen LogP) is 2.19. The van der Waals surface area contributed by atoms with E-state index in [4.69, 9.17) is 0 Å². The monoisotopic (exact) mass is 339 g/mol. The van der Waals surface area contributed by atoms with Crippen molar-refractivity contribution in [2.24, 2.45) is 7.05 Å². The molecule has 0 aliphatic rings. The van der Waals surface area contributed by atoms with Gasteiger partial charge in [0.2, 0.25) is 0 Å². The second kappa shape index (κ2) is 6.12. The Labute approximate surface area is 145 Å². The molecule has 8 nitrogen and oxygen atoms in total. The Hall–Kier alpha value is -3.03. The summed E-state index contributed by atoms with van der Waals surface area (Å²) in [6.45, 7) is 9.61. The molecule has 1 amide bonds. The van der Waals surface area contributed by atoms with Crippen LogP contribution in [-0.4, -0.2) is 35.4 Å². The molecule has 8 heteroatoms. The molecule has 3 aromatic rings. The minimum absolute atomic E-state index is 0.221. The molecule has 0 unspecified atom stereocenters. The second-order valence-electron chi connectivity index (χ2n) is 6.10. The third-order valence-corrected chi connectivity index (χ3v) is 4.47. The lowest BCUT2D eigenvalue weighted by molar-refractivity contribution is 0.102. The highest BCUT2D eigenvalue weighted by Gasteiger charge is 2.18. The first kappa shape index (κ1) is 16.8. The first-order chi connectivity index (χ1) is 11.8. The largest absolute Gasteiger partial charge is 0.319 e. The summed E-state index contributed by atoms with van der Waals surface area (Å²) in [4.78, 5) is 21.1. The predicted molar refractivity (Wildman–Crippen MR) is 94.0 cm³/mol. The number of nitrogens with one attached hydrogen (secondary N) is 1. The topological polar surface area (TPSA) is 90.5 Å². The Bertz CT molecular complexity index is 951. The van der Waals surface area contributed by atoms with E-state index >= 15 is 0 Å². The van der Waals surface area contributed by atoms with Crippen LogP contribution in [0.3, 0.4) is 0 Å². The average Bonchev–Trinajstić information content (AvgIpc) is 2.98. The van der Waals surface area contributed by atoms with E-state index in [1.165, 1.54) is 0 Å². The first-order valence-electron chi connectivity index (χ1n) is 7.96. The number of rotatable bonds is 3. The van der Waals surface area contributed by atoms with Crippen molar-refractivity contribution in [3.63, 3.8) is 0 Å². The van der Waals surface area contributed by atoms with Gasteiger partial charge >= 0.3 is 0 Å². The number of carbonyl (C=O) groups is 1. The minimum atomic E-state index is -0.221. The number of anilines is 1. The zero-order valence-corrected chi connectivity index (χ0v) is 15.2. The quantitative estimate of drug-likeness (QED) is 0.790. The maximum Gasteiger partial charge on any atom is 0.259 e. The highest BCUT2D eigenvalue weighted by Crippen LogP contribution is 2.17. The van der Waals surface area contributed by atoms with Gasteiger partial charge in [0, 0.05) is 18.4 Å². The molecule has 3 rings (SSSR count). The smallest absolute Gasteiger partial charge is 0.259 e. The summed E-state index contributed by atoms with van der Waals surface area (Å²) in [6, 6.07) is 0. The minimum Gasteiger partial charge on any atom is -0.319 e. The molecule has 0 fully saturated rings. The normalized spacial score (nSPS) is 11.0. The third-order valence-electron chi connectivity index (χ3n) is 4.47. The number of amides is 1. The highest BCUT2D eigenvalue weighted by atomic mass is 16.1. The fourth-order valence-corrected chi connectivity index (χ4v) is 2.71. The number of carbonyl (C=O) groups excluding carboxylic acids is 1. The van der Waals surface area contributed by atoms with Crippen molar-refractivity contribution in [3.05, 3.63) is 46.3 Å². The maximum atomic E-state index is 12.5. The summed E-state index contributed by atoms with van der Waals surface area (Å²) in [5.74, 6) is 0.252. The van der Waals surface area contributed by atoms with Crippen molar-refractivity contribution < 1.29 is 4.79 Å². The SMILES string of the molecule is Cc1nn(-c2ncc(NC(=O)c3c(C)nn(C)c3C)cn2)c(C)c1C. The Morgan fingerprint density at radius 2 is 1.60 bits per heavy atom. The van der Waals surface area contributed by atoms with E-state index in [-0.39, 0.29) is 5.91 Å². The van der Waals surface area contributed by atoms with Crippen LogP contribution in [0.25, 0.3) is 5.95 Å². The summed E-state index contributed by atoms with van der Waals surface area (Å²) in [5, 5.41) is 11.5. The van der Waals surface area contributed by atoms with Gasteiger partial charge in [-0.15, -0.1) is 0 Å². The average molecular weight is 339 g/mol. The van der Waals surface area contributed by atoms with Crippen LogP contribution in [0.15, 0.2) is 12.4 Å². The van der Waals surface area contributed by atoms with Crippen molar-refractivity contribution in [2.45, 2.75) is 34.6 Å². The Balaban J connectivity index is 1.83. The Kier molecular flexibility index (Phi) is 4.12. The van der Waals surface area contributed by atoms with Crippen molar-refractivity contribution in [2.75, 3.05) is 5.32 Å². The number of hydrogen-bond donors (Lipinski definition) is 1. The fraction of sp³-hybridized carbons (Fsp3) is 0.353. The number of hydrogen-bond acceptors (Lipinski definition) is 5. The molecule has 0 aliphatic heterocycles. The molecule has 0 saturated heterocycles. The van der Waals surface area contributed by atoms with Gasteiger partial charge in [0.05, 0.1) is 35.0 Å². The van der Waals surface area contributed by atoms with Crippen LogP contribution < -0.4 is 5.32 Å². The molecular weight excluding hydrogens is 318 g/mol. The zero-order chi connectivity index (χ0) is 18.3. The van der Waals surface area contributed by atoms with Crippen molar-refractivity contribution in [1.82, 2.24) is 29.5 Å². The summed E-state index contributed by atoms with van der Waals surface area (Å²) >= 11 is 0. The lowest BCUT2D eigenvalue weighted by Gasteiger charge is -2.07. The Morgan fingerprint density at radius 1 is 0.960 bits per heavy atom. The summed E-state index contributed by atoms with van der Waals surface area (Å²) in [5.41, 5.74) is 5.65. The van der Waals surface area contributed by atoms with Crippen molar-refractivity contribution in [3.8, 4) is 5.95 Å². The number of nitrogens with zero attached hydrogens (tertiary/aromatic N) is 6. The van der Waals surface area contributed by atoms with E-state index in [9.17, 15) is 4.79 Å². The molecule has 3 aromatic heterocycles. The Morgan fingerprint density at radius 3 is 2.08 bits per heavy atom. The van der Waals surface area contributed by atoms with Gasteiger partial charge in [0.1, 0.15) is 0 Å². The molecule has 0 saturated carbocycles. The number of aromatic nitrogens is 6. The molecule has 0 spiro atoms. The summed E-state index contributed by atoms with van der Waals surface area (Å²) in [6.07, 6.45) is 3.15. The second-order valence-corrected chi connectivity index (χ2v) is 6.10. The molecule has 130 valence electrons. The van der Waals surface area contributed by atoms with Crippen LogP contribution in [0.1, 0.15) is 38.7 Å². The third kappa shape index (κ3) is 2.90. The molecule has 0 aliphatic carbocycles. The van der Waals surface area contributed by atoms with Gasteiger partial charge in [0.15, 0.2) is 0 Å². The zero-order valence-electron chi connectivity index (χ0n) is 15.2. The van der Waals surface area contributed by atoms with Gasteiger partial charge in [-0.25, -0.2) is 14.6 Å². The molecule has 3 heterocycles. The maximum absolute atomic E-state index is 12.5. The van der Waals surface area contributed by atoms with E-state index in [0.29, 0.717) is 22.9 Å². The molecule has 0 atom stereocenters. The van der Waals surface area contributed by atoms with Crippen molar-refractivity contribution in [1.29, 1.82) is 0 Å². The number of aryl methyl sites for hydroxylation is 3. The van der Waals surface area contributed by atoms with Crippen LogP contribution in [0.5, 0.6) is 0 Å². The van der Waals surface area contributed by atoms with Crippen LogP contribution in [-0.2, 0) is 7.05 Å². The van der Waals surface area contributed by atoms with E-state index in [1.807, 2.05) is 41.7 Å². The van der Waals surface area contributed by atoms with Gasteiger partial charge in [0.25, 0.3) is 11.9 Å². The molecule has 0 aromatic carbocycles. The molecule has 25 heavy (non-hydrogen) atoms. The van der Waals surface area contributed by atoms with Gasteiger partial charge in [-0.05, 0) is 40.2 Å². The summed E-state index contributed by atoms with van der Waals surface area (Å²) < 4.78 is 3.39. The lowest BCUT2D eigenvalue weighted by Crippen LogP contribution is -2.15. The van der Waals surface area contributed by atoms with Gasteiger partial charge in [-0.3, -0.25) is 9.48 Å². The summed E-state index contributed by atoms with van der Waals surface area (Å²) in [7, 11) is 1.81. The fourth-order valence-electron chi connectivity index (χ4n) is 2.71. The standard InChI is InChI=1S/C17H21N7O/c1-9-10(2)22-24(12(9)4)17-18-7-14(8-19-17)20-16(25)15-11(3)21-23(6)13(15)5/h7-8H,1-6H3,(H,20,25). The molecule has 0 bridgehead atoms. The van der Waals surface area contributed by atoms with Gasteiger partial charge < -0.3 is 5.32 Å². The van der Waals surface area contributed by atoms with Gasteiger partial charge in [-0.1, -0.05) is 0 Å². The van der Waals surface area contributed by atoms with E-state index < -0.39 is 0 Å². The van der Waals surface area contributed by atoms with E-state index in [0.717, 1.165) is 22.6 Å². The van der Waals surface area contributed by atoms with Crippen LogP contribution in [0.2, 0.25) is 0 Å². The van der Waals surface area contributed by atoms with E-state index in [2.05, 4.69) is 25.5 Å². The molecular formula is C17H21N7O. The van der Waals surface area contributed by atoms with Crippen LogP contribution >= 0.6 is 0 Å². The first-order valence-corrected chi connectivity index (χ1v) is 7.96. The molecule has 1 N–H and O–H groups in total. The van der Waals surface area contributed by atoms with Crippen molar-refractivity contribution >= 4 is 11.6 Å². The van der Waals surface area contributed by atoms with E-state index in [1.54, 1.807) is 21.8 Å². The lowest BCUT2D eigenvalue weighted by atomic mass is 10.2. The van der Waals surface area contributed by atoms with Crippen LogP contribution in [0.4, 0.5) is 5.69 Å². The van der Waals surface area contributed by atoms with Crippen LogP contribution in [0, 0.1) is 34.6 Å². The highest BCUT2D eigenvalue weighted by molar-refractivity contribution is 6.05. The van der Waals surface area contributed by atoms with Gasteiger partial charge in [-0.2, -0.15) is 10.2 Å².